The number of carbonyl (C=O) groups is 1. The number of benzene rings is 1. The van der Waals surface area contributed by atoms with Crippen LogP contribution in [0.4, 0.5) is 0 Å². The molecule has 0 saturated heterocycles. The number of rotatable bonds is 1. The minimum absolute atomic E-state index is 0.00593. The lowest BCUT2D eigenvalue weighted by Crippen LogP contribution is -2.44. The van der Waals surface area contributed by atoms with Gasteiger partial charge in [0.15, 0.2) is 17.3 Å². The lowest BCUT2D eigenvalue weighted by atomic mass is 9.55. The molecule has 0 radical (unpaired) electrons. The van der Waals surface area contributed by atoms with Crippen molar-refractivity contribution in [3.05, 3.63) is 22.8 Å². The van der Waals surface area contributed by atoms with E-state index in [9.17, 15) is 20.1 Å². The Labute approximate surface area is 142 Å². The first kappa shape index (κ1) is 15.9. The molecule has 0 heterocycles. The summed E-state index contributed by atoms with van der Waals surface area (Å²) in [6.45, 7) is 3.75. The van der Waals surface area contributed by atoms with Crippen molar-refractivity contribution in [1.29, 1.82) is 0 Å². The Morgan fingerprint density at radius 3 is 2.67 bits per heavy atom. The second-order valence-electron chi connectivity index (χ2n) is 8.29. The third kappa shape index (κ3) is 1.98. The van der Waals surface area contributed by atoms with E-state index in [-0.39, 0.29) is 34.7 Å². The highest BCUT2D eigenvalue weighted by Crippen LogP contribution is 2.62. The van der Waals surface area contributed by atoms with Crippen LogP contribution >= 0.6 is 0 Å². The van der Waals surface area contributed by atoms with Crippen LogP contribution in [0.5, 0.6) is 11.5 Å². The molecule has 0 aliphatic heterocycles. The molecule has 4 heteroatoms. The average Bonchev–Trinajstić information content (AvgIpc) is 2.85. The highest BCUT2D eigenvalue weighted by molar-refractivity contribution is 5.97. The van der Waals surface area contributed by atoms with Gasteiger partial charge in [0, 0.05) is 11.1 Å². The zero-order chi connectivity index (χ0) is 17.2. The molecule has 4 nitrogen and oxygen atoms in total. The maximum atomic E-state index is 12.2. The largest absolute Gasteiger partial charge is 0.504 e. The number of phenolic OH excluding ortho intramolecular Hbond substituents is 2. The van der Waals surface area contributed by atoms with Crippen molar-refractivity contribution in [3.63, 3.8) is 0 Å². The summed E-state index contributed by atoms with van der Waals surface area (Å²) in [5.41, 5.74) is 2.30. The van der Waals surface area contributed by atoms with E-state index in [0.29, 0.717) is 23.8 Å². The monoisotopic (exact) mass is 330 g/mol. The van der Waals surface area contributed by atoms with Crippen LogP contribution in [0.25, 0.3) is 0 Å². The molecule has 0 unspecified atom stereocenters. The van der Waals surface area contributed by atoms with Crippen LogP contribution in [0.2, 0.25) is 0 Å². The number of carbonyl (C=O) groups excluding carboxylic acids is 1. The van der Waals surface area contributed by atoms with Crippen molar-refractivity contribution in [1.82, 2.24) is 0 Å². The Kier molecular flexibility index (Phi) is 3.47. The van der Waals surface area contributed by atoms with Crippen molar-refractivity contribution in [3.8, 4) is 11.5 Å². The van der Waals surface area contributed by atoms with Crippen molar-refractivity contribution < 1.29 is 20.1 Å². The lowest BCUT2D eigenvalue weighted by Gasteiger charge is -2.50. The van der Waals surface area contributed by atoms with E-state index in [2.05, 4.69) is 6.92 Å². The minimum Gasteiger partial charge on any atom is -0.504 e. The first-order valence-corrected chi connectivity index (χ1v) is 9.11. The van der Waals surface area contributed by atoms with Crippen molar-refractivity contribution >= 4 is 5.78 Å². The topological polar surface area (TPSA) is 77.8 Å². The molecule has 0 aromatic heterocycles. The number of hydrogen-bond acceptors (Lipinski definition) is 4. The van der Waals surface area contributed by atoms with Crippen LogP contribution in [-0.4, -0.2) is 27.2 Å². The second kappa shape index (κ2) is 5.22. The zero-order valence-electron chi connectivity index (χ0n) is 14.4. The smallest absolute Gasteiger partial charge is 0.161 e. The van der Waals surface area contributed by atoms with Crippen LogP contribution in [-0.2, 0) is 6.42 Å². The van der Waals surface area contributed by atoms with Gasteiger partial charge in [-0.05, 0) is 80.2 Å². The summed E-state index contributed by atoms with van der Waals surface area (Å²) in [6.07, 6.45) is 5.25. The summed E-state index contributed by atoms with van der Waals surface area (Å²) in [6, 6.07) is 1.44. The number of ketones is 1. The van der Waals surface area contributed by atoms with Gasteiger partial charge in [0.25, 0.3) is 0 Å². The zero-order valence-corrected chi connectivity index (χ0v) is 14.4. The fourth-order valence-corrected chi connectivity index (χ4v) is 6.03. The minimum atomic E-state index is -0.217. The molecule has 4 rings (SSSR count). The van der Waals surface area contributed by atoms with E-state index in [0.717, 1.165) is 43.2 Å². The molecule has 3 aliphatic rings. The Morgan fingerprint density at radius 1 is 1.21 bits per heavy atom. The van der Waals surface area contributed by atoms with Crippen molar-refractivity contribution in [2.75, 3.05) is 0 Å². The van der Waals surface area contributed by atoms with Crippen LogP contribution in [0.1, 0.15) is 73.4 Å². The molecule has 0 amide bonds. The van der Waals surface area contributed by atoms with E-state index in [4.69, 9.17) is 0 Å². The molecule has 24 heavy (non-hydrogen) atoms. The average molecular weight is 330 g/mol. The van der Waals surface area contributed by atoms with Crippen LogP contribution in [0.3, 0.4) is 0 Å². The molecular formula is C20H26O4. The van der Waals surface area contributed by atoms with Gasteiger partial charge in [-0.3, -0.25) is 4.79 Å². The van der Waals surface area contributed by atoms with Crippen LogP contribution in [0, 0.1) is 17.3 Å². The van der Waals surface area contributed by atoms with Gasteiger partial charge in [-0.2, -0.15) is 0 Å². The number of Topliss-reactive ketones (excluding diaryl/α,β-unsaturated/α-hetero) is 1. The molecule has 3 N–H and O–H groups in total. The lowest BCUT2D eigenvalue weighted by molar-refractivity contribution is -0.0228. The molecule has 0 spiro atoms. The predicted molar refractivity (Wildman–Crippen MR) is 90.4 cm³/mol. The summed E-state index contributed by atoms with van der Waals surface area (Å²) in [7, 11) is 0. The molecular weight excluding hydrogens is 304 g/mol. The van der Waals surface area contributed by atoms with E-state index in [1.807, 2.05) is 0 Å². The summed E-state index contributed by atoms with van der Waals surface area (Å²) in [5, 5.41) is 30.8. The Hall–Kier alpha value is -1.55. The maximum absolute atomic E-state index is 12.2. The van der Waals surface area contributed by atoms with Gasteiger partial charge in [0.2, 0.25) is 0 Å². The predicted octanol–water partition coefficient (Wildman–Crippen LogP) is 3.52. The van der Waals surface area contributed by atoms with Crippen molar-refractivity contribution in [2.45, 2.75) is 64.4 Å². The van der Waals surface area contributed by atoms with Gasteiger partial charge < -0.3 is 15.3 Å². The fourth-order valence-electron chi connectivity index (χ4n) is 6.03. The number of fused-ring (bicyclic) bond motifs is 5. The van der Waals surface area contributed by atoms with E-state index in [1.54, 1.807) is 0 Å². The number of aromatic hydroxyl groups is 2. The van der Waals surface area contributed by atoms with E-state index < -0.39 is 0 Å². The molecule has 3 aliphatic carbocycles. The van der Waals surface area contributed by atoms with Gasteiger partial charge in [-0.25, -0.2) is 0 Å². The summed E-state index contributed by atoms with van der Waals surface area (Å²) < 4.78 is 0. The second-order valence-corrected chi connectivity index (χ2v) is 8.29. The fraction of sp³-hybridized carbons (Fsp3) is 0.650. The quantitative estimate of drug-likeness (QED) is 0.544. The molecule has 2 fully saturated rings. The molecule has 0 bridgehead atoms. The third-order valence-electron chi connectivity index (χ3n) is 7.29. The number of aliphatic hydroxyl groups excluding tert-OH is 1. The van der Waals surface area contributed by atoms with Gasteiger partial charge in [-0.1, -0.05) is 6.92 Å². The first-order chi connectivity index (χ1) is 11.3. The Morgan fingerprint density at radius 2 is 1.96 bits per heavy atom. The van der Waals surface area contributed by atoms with E-state index >= 15 is 0 Å². The summed E-state index contributed by atoms with van der Waals surface area (Å²) in [4.78, 5) is 12.2. The summed E-state index contributed by atoms with van der Waals surface area (Å²) in [5.74, 6) is 0.901. The third-order valence-corrected chi connectivity index (χ3v) is 7.29. The van der Waals surface area contributed by atoms with E-state index in [1.165, 1.54) is 13.0 Å². The van der Waals surface area contributed by atoms with Gasteiger partial charge in [0.05, 0.1) is 6.10 Å². The van der Waals surface area contributed by atoms with Gasteiger partial charge in [-0.15, -0.1) is 0 Å². The van der Waals surface area contributed by atoms with Gasteiger partial charge in [0.1, 0.15) is 0 Å². The molecule has 130 valence electrons. The molecule has 1 aromatic carbocycles. The highest BCUT2D eigenvalue weighted by atomic mass is 16.3. The molecule has 1 aromatic rings. The summed E-state index contributed by atoms with van der Waals surface area (Å²) >= 11 is 0. The normalized spacial score (nSPS) is 37.5. The number of hydrogen-bond donors (Lipinski definition) is 3. The standard InChI is InChI=1S/C20H26O4/c1-10(21)14-9-16(22)19(24)13-4-3-11-12(18(13)14)7-8-20(2)15(11)5-6-17(20)23/h9,11-12,15,17,22-24H,3-8H2,1-2H3/t11-,12+,15+,17+,20+/m1/s1. The van der Waals surface area contributed by atoms with Crippen LogP contribution < -0.4 is 0 Å². The SMILES string of the molecule is CC(=O)c1cc(O)c(O)c2c1[C@H]1CC[C@]3(C)[C@@H](O)CC[C@H]3[C@@H]1CC2. The first-order valence-electron chi connectivity index (χ1n) is 9.11. The van der Waals surface area contributed by atoms with Crippen LogP contribution in [0.15, 0.2) is 6.07 Å². The molecule has 2 saturated carbocycles. The number of phenols is 2. The van der Waals surface area contributed by atoms with Gasteiger partial charge >= 0.3 is 0 Å². The highest BCUT2D eigenvalue weighted by Gasteiger charge is 2.55. The Bertz CT molecular complexity index is 710. The number of aliphatic hydroxyl groups is 1. The Balaban J connectivity index is 1.83. The maximum Gasteiger partial charge on any atom is 0.161 e. The van der Waals surface area contributed by atoms with Crippen molar-refractivity contribution in [2.24, 2.45) is 17.3 Å². The molecule has 5 atom stereocenters.